The van der Waals surface area contributed by atoms with Gasteiger partial charge >= 0.3 is 6.09 Å². The Kier molecular flexibility index (Phi) is 2.33. The Labute approximate surface area is 81.0 Å². The zero-order valence-electron chi connectivity index (χ0n) is 7.84. The second-order valence-electron chi connectivity index (χ2n) is 3.96. The fraction of sp³-hybridized carbons (Fsp3) is 0.889. The van der Waals surface area contributed by atoms with E-state index < -0.39 is 18.1 Å². The average molecular weight is 205 g/mol. The number of alkyl halides is 2. The molecule has 3 nitrogen and oxygen atoms in total. The number of hydrogen-bond donors (Lipinski definition) is 0. The molecule has 0 atom stereocenters. The van der Waals surface area contributed by atoms with Crippen molar-refractivity contribution in [2.75, 3.05) is 13.1 Å². The van der Waals surface area contributed by atoms with Crippen LogP contribution in [0.1, 0.15) is 25.7 Å². The number of amides is 1. The van der Waals surface area contributed by atoms with Crippen LogP contribution in [-0.4, -0.2) is 36.1 Å². The summed E-state index contributed by atoms with van der Waals surface area (Å²) in [6.45, 7) is 1.39. The van der Waals surface area contributed by atoms with Gasteiger partial charge in [-0.25, -0.2) is 13.6 Å². The average Bonchev–Trinajstić information content (AvgIpc) is 2.51. The lowest BCUT2D eigenvalue weighted by atomic mass is 9.91. The summed E-state index contributed by atoms with van der Waals surface area (Å²) >= 11 is 0. The summed E-state index contributed by atoms with van der Waals surface area (Å²) in [5.41, 5.74) is 0. The molecule has 0 aromatic heterocycles. The Morgan fingerprint density at radius 1 is 1.29 bits per heavy atom. The van der Waals surface area contributed by atoms with E-state index in [0.717, 1.165) is 12.8 Å². The summed E-state index contributed by atoms with van der Waals surface area (Å²) in [6, 6.07) is 0. The normalized spacial score (nSPS) is 26.0. The van der Waals surface area contributed by atoms with Gasteiger partial charge in [0.05, 0.1) is 0 Å². The minimum atomic E-state index is -2.62. The van der Waals surface area contributed by atoms with Crippen molar-refractivity contribution in [3.63, 3.8) is 0 Å². The van der Waals surface area contributed by atoms with Crippen LogP contribution < -0.4 is 0 Å². The van der Waals surface area contributed by atoms with E-state index in [1.165, 1.54) is 0 Å². The monoisotopic (exact) mass is 205 g/mol. The van der Waals surface area contributed by atoms with Gasteiger partial charge in [-0.1, -0.05) is 0 Å². The summed E-state index contributed by atoms with van der Waals surface area (Å²) in [5, 5.41) is 0. The number of halogens is 2. The molecule has 0 bridgehead atoms. The molecule has 1 saturated carbocycles. The predicted molar refractivity (Wildman–Crippen MR) is 45.3 cm³/mol. The van der Waals surface area contributed by atoms with E-state index in [1.54, 1.807) is 4.90 Å². The van der Waals surface area contributed by atoms with Crippen molar-refractivity contribution in [1.29, 1.82) is 0 Å². The van der Waals surface area contributed by atoms with Gasteiger partial charge < -0.3 is 9.64 Å². The fourth-order valence-electron chi connectivity index (χ4n) is 1.81. The topological polar surface area (TPSA) is 29.5 Å². The van der Waals surface area contributed by atoms with Crippen LogP contribution in [0.3, 0.4) is 0 Å². The van der Waals surface area contributed by atoms with Gasteiger partial charge in [0.25, 0.3) is 5.92 Å². The summed E-state index contributed by atoms with van der Waals surface area (Å²) in [5.74, 6) is -2.62. The first-order chi connectivity index (χ1) is 6.57. The van der Waals surface area contributed by atoms with Gasteiger partial charge in [0.2, 0.25) is 0 Å². The highest BCUT2D eigenvalue weighted by atomic mass is 19.3. The SMILES string of the molecule is O=C(OC1CC(F)(F)C1)N1CCCC1. The predicted octanol–water partition coefficient (Wildman–Crippen LogP) is 2.02. The molecule has 1 aliphatic carbocycles. The zero-order chi connectivity index (χ0) is 10.2. The molecule has 1 saturated heterocycles. The van der Waals surface area contributed by atoms with Crippen molar-refractivity contribution in [1.82, 2.24) is 4.90 Å². The van der Waals surface area contributed by atoms with Crippen LogP contribution >= 0.6 is 0 Å². The number of carbonyl (C=O) groups excluding carboxylic acids is 1. The number of nitrogens with zero attached hydrogens (tertiary/aromatic N) is 1. The molecule has 2 aliphatic rings. The number of hydrogen-bond acceptors (Lipinski definition) is 2. The highest BCUT2D eigenvalue weighted by molar-refractivity contribution is 5.68. The van der Waals surface area contributed by atoms with Gasteiger partial charge in [0.1, 0.15) is 6.10 Å². The number of ether oxygens (including phenoxy) is 1. The molecule has 80 valence electrons. The second-order valence-corrected chi connectivity index (χ2v) is 3.96. The Bertz CT molecular complexity index is 231. The first-order valence-corrected chi connectivity index (χ1v) is 4.90. The van der Waals surface area contributed by atoms with E-state index in [2.05, 4.69) is 0 Å². The molecule has 0 N–H and O–H groups in total. The Hall–Kier alpha value is -0.870. The molecule has 14 heavy (non-hydrogen) atoms. The van der Waals surface area contributed by atoms with Crippen LogP contribution in [0.25, 0.3) is 0 Å². The smallest absolute Gasteiger partial charge is 0.410 e. The third kappa shape index (κ3) is 1.96. The third-order valence-corrected chi connectivity index (χ3v) is 2.68. The lowest BCUT2D eigenvalue weighted by molar-refractivity contribution is -0.147. The van der Waals surface area contributed by atoms with E-state index in [-0.39, 0.29) is 12.8 Å². The standard InChI is InChI=1S/C9H13F2NO2/c10-9(11)5-7(6-9)14-8(13)12-3-1-2-4-12/h7H,1-6H2. The van der Waals surface area contributed by atoms with E-state index in [4.69, 9.17) is 4.74 Å². The number of rotatable bonds is 1. The molecule has 0 aromatic carbocycles. The minimum Gasteiger partial charge on any atom is -0.446 e. The van der Waals surface area contributed by atoms with Crippen molar-refractivity contribution in [2.24, 2.45) is 0 Å². The van der Waals surface area contributed by atoms with Crippen LogP contribution in [0, 0.1) is 0 Å². The van der Waals surface area contributed by atoms with Crippen molar-refractivity contribution >= 4 is 6.09 Å². The molecule has 0 aromatic rings. The minimum absolute atomic E-state index is 0.313. The van der Waals surface area contributed by atoms with E-state index in [1.807, 2.05) is 0 Å². The van der Waals surface area contributed by atoms with Crippen molar-refractivity contribution in [2.45, 2.75) is 37.7 Å². The molecule has 0 spiro atoms. The van der Waals surface area contributed by atoms with Gasteiger partial charge in [-0.05, 0) is 12.8 Å². The summed E-state index contributed by atoms with van der Waals surface area (Å²) in [4.78, 5) is 12.9. The van der Waals surface area contributed by atoms with Crippen molar-refractivity contribution in [3.8, 4) is 0 Å². The third-order valence-electron chi connectivity index (χ3n) is 2.68. The molecule has 0 unspecified atom stereocenters. The van der Waals surface area contributed by atoms with Gasteiger partial charge in [0.15, 0.2) is 0 Å². The Morgan fingerprint density at radius 3 is 2.36 bits per heavy atom. The molecular weight excluding hydrogens is 192 g/mol. The second kappa shape index (κ2) is 3.37. The molecule has 1 heterocycles. The van der Waals surface area contributed by atoms with E-state index >= 15 is 0 Å². The van der Waals surface area contributed by atoms with Gasteiger partial charge in [-0.3, -0.25) is 0 Å². The molecule has 1 aliphatic heterocycles. The van der Waals surface area contributed by atoms with Crippen LogP contribution in [0.5, 0.6) is 0 Å². The summed E-state index contributed by atoms with van der Waals surface area (Å²) < 4.78 is 29.7. The van der Waals surface area contributed by atoms with Gasteiger partial charge in [0, 0.05) is 25.9 Å². The number of likely N-dealkylation sites (tertiary alicyclic amines) is 1. The molecule has 2 fully saturated rings. The van der Waals surface area contributed by atoms with Crippen molar-refractivity contribution in [3.05, 3.63) is 0 Å². The lowest BCUT2D eigenvalue weighted by Crippen LogP contribution is -2.44. The molecule has 5 heteroatoms. The highest BCUT2D eigenvalue weighted by Gasteiger charge is 2.48. The van der Waals surface area contributed by atoms with Gasteiger partial charge in [-0.15, -0.1) is 0 Å². The maximum absolute atomic E-state index is 12.4. The molecule has 0 radical (unpaired) electrons. The first kappa shape index (κ1) is 9.68. The van der Waals surface area contributed by atoms with Crippen LogP contribution in [0.15, 0.2) is 0 Å². The lowest BCUT2D eigenvalue weighted by Gasteiger charge is -2.34. The van der Waals surface area contributed by atoms with Crippen LogP contribution in [0.2, 0.25) is 0 Å². The maximum Gasteiger partial charge on any atom is 0.410 e. The summed E-state index contributed by atoms with van der Waals surface area (Å²) in [7, 11) is 0. The van der Waals surface area contributed by atoms with Crippen LogP contribution in [-0.2, 0) is 4.74 Å². The zero-order valence-corrected chi connectivity index (χ0v) is 7.84. The number of carbonyl (C=O) groups is 1. The quantitative estimate of drug-likeness (QED) is 0.655. The van der Waals surface area contributed by atoms with Gasteiger partial charge in [-0.2, -0.15) is 0 Å². The molecule has 2 rings (SSSR count). The highest BCUT2D eigenvalue weighted by Crippen LogP contribution is 2.39. The van der Waals surface area contributed by atoms with E-state index in [9.17, 15) is 13.6 Å². The molecular formula is C9H13F2NO2. The van der Waals surface area contributed by atoms with E-state index in [0.29, 0.717) is 13.1 Å². The Balaban J connectivity index is 1.73. The molecule has 1 amide bonds. The summed E-state index contributed by atoms with van der Waals surface area (Å²) in [6.07, 6.45) is 0.339. The van der Waals surface area contributed by atoms with Crippen LogP contribution in [0.4, 0.5) is 13.6 Å². The maximum atomic E-state index is 12.4. The Morgan fingerprint density at radius 2 is 1.86 bits per heavy atom. The first-order valence-electron chi connectivity index (χ1n) is 4.90. The largest absolute Gasteiger partial charge is 0.446 e. The fourth-order valence-corrected chi connectivity index (χ4v) is 1.81. The van der Waals surface area contributed by atoms with Crippen molar-refractivity contribution < 1.29 is 18.3 Å².